The van der Waals surface area contributed by atoms with E-state index in [1.165, 1.54) is 6.07 Å². The van der Waals surface area contributed by atoms with Gasteiger partial charge in [-0.05, 0) is 44.9 Å². The molecule has 0 radical (unpaired) electrons. The van der Waals surface area contributed by atoms with E-state index in [1.54, 1.807) is 0 Å². The zero-order valence-electron chi connectivity index (χ0n) is 15.0. The maximum Gasteiger partial charge on any atom is 0.433 e. The Morgan fingerprint density at radius 2 is 1.93 bits per heavy atom. The molecular formula is C18H20F3N5O. The predicted molar refractivity (Wildman–Crippen MR) is 94.3 cm³/mol. The van der Waals surface area contributed by atoms with Crippen molar-refractivity contribution in [3.63, 3.8) is 0 Å². The molecule has 9 heteroatoms. The zero-order valence-corrected chi connectivity index (χ0v) is 15.0. The quantitative estimate of drug-likeness (QED) is 0.886. The fourth-order valence-corrected chi connectivity index (χ4v) is 3.10. The molecule has 0 unspecified atom stereocenters. The van der Waals surface area contributed by atoms with Crippen LogP contribution in [-0.4, -0.2) is 33.9 Å². The summed E-state index contributed by atoms with van der Waals surface area (Å²) in [5.74, 6) is 0.0530. The zero-order chi connectivity index (χ0) is 19.6. The highest BCUT2D eigenvalue weighted by Crippen LogP contribution is 2.28. The van der Waals surface area contributed by atoms with Crippen LogP contribution >= 0.6 is 0 Å². The van der Waals surface area contributed by atoms with Crippen molar-refractivity contribution < 1.29 is 18.0 Å². The summed E-state index contributed by atoms with van der Waals surface area (Å²) in [5.41, 5.74) is 0.976. The molecule has 0 aliphatic carbocycles. The number of aromatic nitrogens is 3. The molecule has 3 rings (SSSR count). The number of alkyl halides is 3. The number of hydrogen-bond acceptors (Lipinski definition) is 5. The van der Waals surface area contributed by atoms with E-state index < -0.39 is 11.9 Å². The number of piperidine rings is 1. The molecule has 2 aromatic heterocycles. The van der Waals surface area contributed by atoms with Crippen LogP contribution in [0.4, 0.5) is 24.8 Å². The average molecular weight is 379 g/mol. The lowest BCUT2D eigenvalue weighted by Crippen LogP contribution is -2.41. The van der Waals surface area contributed by atoms with Gasteiger partial charge in [0.05, 0.1) is 17.8 Å². The molecule has 6 nitrogen and oxygen atoms in total. The normalized spacial score (nSPS) is 17.7. The molecule has 27 heavy (non-hydrogen) atoms. The largest absolute Gasteiger partial charge is 0.433 e. The second-order valence-corrected chi connectivity index (χ2v) is 6.65. The fourth-order valence-electron chi connectivity index (χ4n) is 3.10. The molecule has 0 spiro atoms. The van der Waals surface area contributed by atoms with Gasteiger partial charge < -0.3 is 10.2 Å². The smallest absolute Gasteiger partial charge is 0.340 e. The summed E-state index contributed by atoms with van der Waals surface area (Å²) >= 11 is 0. The molecule has 1 amide bonds. The SMILES string of the molecule is Cc1cc(C)nc(N2CCC[C@H](C(=O)Nc3ccc(C(F)(F)F)nc3)C2)n1. The number of amides is 1. The van der Waals surface area contributed by atoms with Crippen LogP contribution < -0.4 is 10.2 Å². The number of aryl methyl sites for hydroxylation is 2. The van der Waals surface area contributed by atoms with Crippen LogP contribution in [0.5, 0.6) is 0 Å². The van der Waals surface area contributed by atoms with Crippen LogP contribution in [0.25, 0.3) is 0 Å². The molecule has 1 atom stereocenters. The molecule has 0 aromatic carbocycles. The minimum absolute atomic E-state index is 0.243. The Labute approximate surface area is 154 Å². The minimum atomic E-state index is -4.50. The van der Waals surface area contributed by atoms with Gasteiger partial charge in [0.1, 0.15) is 5.69 Å². The van der Waals surface area contributed by atoms with Gasteiger partial charge >= 0.3 is 6.18 Å². The molecule has 0 saturated carbocycles. The first-order chi connectivity index (χ1) is 12.7. The Bertz CT molecular complexity index is 802. The van der Waals surface area contributed by atoms with Gasteiger partial charge in [0.15, 0.2) is 0 Å². The van der Waals surface area contributed by atoms with E-state index in [9.17, 15) is 18.0 Å². The highest BCUT2D eigenvalue weighted by atomic mass is 19.4. The topological polar surface area (TPSA) is 71.0 Å². The molecule has 0 bridgehead atoms. The van der Waals surface area contributed by atoms with Gasteiger partial charge in [-0.2, -0.15) is 13.2 Å². The van der Waals surface area contributed by atoms with E-state index in [1.807, 2.05) is 24.8 Å². The summed E-state index contributed by atoms with van der Waals surface area (Å²) in [5, 5.41) is 2.65. The minimum Gasteiger partial charge on any atom is -0.340 e. The summed E-state index contributed by atoms with van der Waals surface area (Å²) in [6, 6.07) is 3.95. The van der Waals surface area contributed by atoms with Crippen molar-refractivity contribution >= 4 is 17.5 Å². The van der Waals surface area contributed by atoms with Gasteiger partial charge in [0.2, 0.25) is 11.9 Å². The highest BCUT2D eigenvalue weighted by molar-refractivity contribution is 5.92. The van der Waals surface area contributed by atoms with Crippen LogP contribution in [-0.2, 0) is 11.0 Å². The molecule has 1 aliphatic heterocycles. The first-order valence-electron chi connectivity index (χ1n) is 8.64. The number of nitrogens with zero attached hydrogens (tertiary/aromatic N) is 4. The lowest BCUT2D eigenvalue weighted by Gasteiger charge is -2.32. The lowest BCUT2D eigenvalue weighted by atomic mass is 9.97. The first kappa shape index (κ1) is 19.1. The molecule has 3 heterocycles. The monoisotopic (exact) mass is 379 g/mol. The van der Waals surface area contributed by atoms with Crippen molar-refractivity contribution in [2.75, 3.05) is 23.3 Å². The number of carbonyl (C=O) groups excluding carboxylic acids is 1. The van der Waals surface area contributed by atoms with Crippen LogP contribution in [0.3, 0.4) is 0 Å². The Balaban J connectivity index is 1.66. The standard InChI is InChI=1S/C18H20F3N5O/c1-11-8-12(2)24-17(23-11)26-7-3-4-13(10-26)16(27)25-14-5-6-15(22-9-14)18(19,20)21/h5-6,8-9,13H,3-4,7,10H2,1-2H3,(H,25,27)/t13-/m0/s1. The Morgan fingerprint density at radius 3 is 2.52 bits per heavy atom. The fraction of sp³-hybridized carbons (Fsp3) is 0.444. The Hall–Kier alpha value is -2.71. The van der Waals surface area contributed by atoms with Gasteiger partial charge in [-0.25, -0.2) is 15.0 Å². The highest BCUT2D eigenvalue weighted by Gasteiger charge is 2.32. The summed E-state index contributed by atoms with van der Waals surface area (Å²) in [4.78, 5) is 26.7. The molecular weight excluding hydrogens is 359 g/mol. The molecule has 1 saturated heterocycles. The Kier molecular flexibility index (Phi) is 5.29. The van der Waals surface area contributed by atoms with Gasteiger partial charge in [0, 0.05) is 24.5 Å². The number of pyridine rings is 1. The van der Waals surface area contributed by atoms with E-state index in [0.717, 1.165) is 36.6 Å². The second-order valence-electron chi connectivity index (χ2n) is 6.65. The van der Waals surface area contributed by atoms with Crippen LogP contribution in [0.15, 0.2) is 24.4 Å². The third-order valence-electron chi connectivity index (χ3n) is 4.37. The third kappa shape index (κ3) is 4.72. The van der Waals surface area contributed by atoms with E-state index in [-0.39, 0.29) is 17.5 Å². The van der Waals surface area contributed by atoms with Crippen molar-refractivity contribution in [1.29, 1.82) is 0 Å². The van der Waals surface area contributed by atoms with Crippen molar-refractivity contribution in [2.45, 2.75) is 32.9 Å². The number of rotatable bonds is 3. The number of anilines is 2. The van der Waals surface area contributed by atoms with E-state index in [2.05, 4.69) is 20.3 Å². The van der Waals surface area contributed by atoms with Gasteiger partial charge in [-0.15, -0.1) is 0 Å². The van der Waals surface area contributed by atoms with E-state index >= 15 is 0 Å². The molecule has 1 aliphatic rings. The average Bonchev–Trinajstić information content (AvgIpc) is 2.61. The van der Waals surface area contributed by atoms with Crippen LogP contribution in [0.1, 0.15) is 29.9 Å². The van der Waals surface area contributed by atoms with Crippen molar-refractivity contribution in [1.82, 2.24) is 15.0 Å². The summed E-state index contributed by atoms with van der Waals surface area (Å²) < 4.78 is 37.7. The first-order valence-corrected chi connectivity index (χ1v) is 8.64. The maximum absolute atomic E-state index is 12.6. The van der Waals surface area contributed by atoms with E-state index in [0.29, 0.717) is 18.9 Å². The maximum atomic E-state index is 12.6. The summed E-state index contributed by atoms with van der Waals surface area (Å²) in [6.45, 7) is 5.01. The number of nitrogens with one attached hydrogen (secondary N) is 1. The number of hydrogen-bond donors (Lipinski definition) is 1. The summed E-state index contributed by atoms with van der Waals surface area (Å²) in [7, 11) is 0. The number of carbonyl (C=O) groups is 1. The lowest BCUT2D eigenvalue weighted by molar-refractivity contribution is -0.141. The van der Waals surface area contributed by atoms with Gasteiger partial charge in [-0.1, -0.05) is 0 Å². The van der Waals surface area contributed by atoms with E-state index in [4.69, 9.17) is 0 Å². The van der Waals surface area contributed by atoms with Crippen molar-refractivity contribution in [3.05, 3.63) is 41.5 Å². The summed E-state index contributed by atoms with van der Waals surface area (Å²) in [6.07, 6.45) is -1.98. The van der Waals surface area contributed by atoms with Crippen LogP contribution in [0, 0.1) is 19.8 Å². The van der Waals surface area contributed by atoms with Gasteiger partial charge in [-0.3, -0.25) is 4.79 Å². The third-order valence-corrected chi connectivity index (χ3v) is 4.37. The second kappa shape index (κ2) is 7.50. The molecule has 144 valence electrons. The molecule has 1 fully saturated rings. The van der Waals surface area contributed by atoms with Crippen molar-refractivity contribution in [3.8, 4) is 0 Å². The molecule has 1 N–H and O–H groups in total. The molecule has 2 aromatic rings. The predicted octanol–water partition coefficient (Wildman–Crippen LogP) is 3.36. The van der Waals surface area contributed by atoms with Gasteiger partial charge in [0.25, 0.3) is 0 Å². The Morgan fingerprint density at radius 1 is 1.22 bits per heavy atom. The van der Waals surface area contributed by atoms with Crippen LogP contribution in [0.2, 0.25) is 0 Å². The van der Waals surface area contributed by atoms with Crippen molar-refractivity contribution in [2.24, 2.45) is 5.92 Å². The number of halogens is 3.